The van der Waals surface area contributed by atoms with Gasteiger partial charge in [-0.2, -0.15) is 8.78 Å². The minimum absolute atomic E-state index is 0.151. The molecule has 0 aliphatic rings. The molecule has 0 aliphatic carbocycles. The largest absolute Gasteiger partial charge is 0.496 e. The molecule has 0 bridgehead atoms. The van der Waals surface area contributed by atoms with Gasteiger partial charge in [-0.25, -0.2) is 8.78 Å². The lowest BCUT2D eigenvalue weighted by Crippen LogP contribution is -2.33. The first-order valence-corrected chi connectivity index (χ1v) is 5.69. The van der Waals surface area contributed by atoms with E-state index >= 15 is 0 Å². The van der Waals surface area contributed by atoms with Crippen molar-refractivity contribution < 1.29 is 31.8 Å². The summed E-state index contributed by atoms with van der Waals surface area (Å²) in [4.78, 5) is 11.8. The van der Waals surface area contributed by atoms with Gasteiger partial charge < -0.3 is 9.47 Å². The summed E-state index contributed by atoms with van der Waals surface area (Å²) in [6.45, 7) is -0.442. The van der Waals surface area contributed by atoms with E-state index in [4.69, 9.17) is 4.74 Å². The fourth-order valence-electron chi connectivity index (χ4n) is 1.45. The average molecular weight is 294 g/mol. The summed E-state index contributed by atoms with van der Waals surface area (Å²) in [6, 6.07) is 4.70. The van der Waals surface area contributed by atoms with E-state index in [1.54, 1.807) is 19.1 Å². The highest BCUT2D eigenvalue weighted by Gasteiger charge is 2.41. The molecule has 0 aliphatic heterocycles. The zero-order chi connectivity index (χ0) is 15.3. The highest BCUT2D eigenvalue weighted by atomic mass is 19.3. The molecule has 1 aromatic rings. The molecule has 0 radical (unpaired) electrons. The Balaban J connectivity index is 2.64. The maximum absolute atomic E-state index is 12.6. The van der Waals surface area contributed by atoms with Gasteiger partial charge in [0.05, 0.1) is 12.7 Å². The topological polar surface area (TPSA) is 35.5 Å². The van der Waals surface area contributed by atoms with Crippen LogP contribution in [0.1, 0.15) is 15.9 Å². The Labute approximate surface area is 113 Å². The highest BCUT2D eigenvalue weighted by molar-refractivity contribution is 5.99. The molecule has 7 heteroatoms. The Morgan fingerprint density at radius 3 is 2.55 bits per heavy atom. The van der Waals surface area contributed by atoms with Crippen LogP contribution in [0.25, 0.3) is 0 Å². The minimum Gasteiger partial charge on any atom is -0.496 e. The molecule has 0 amide bonds. The first-order chi connectivity index (χ1) is 9.27. The minimum atomic E-state index is -4.27. The number of ketones is 1. The molecule has 0 aromatic heterocycles. The Morgan fingerprint density at radius 2 is 2.00 bits per heavy atom. The number of rotatable bonds is 7. The Kier molecular flexibility index (Phi) is 5.50. The van der Waals surface area contributed by atoms with Crippen molar-refractivity contribution in [3.63, 3.8) is 0 Å². The third-order valence-corrected chi connectivity index (χ3v) is 2.50. The smallest absolute Gasteiger partial charge is 0.330 e. The molecule has 0 atom stereocenters. The van der Waals surface area contributed by atoms with Gasteiger partial charge in [0.2, 0.25) is 0 Å². The Bertz CT molecular complexity index is 475. The molecule has 112 valence electrons. The highest BCUT2D eigenvalue weighted by Crippen LogP contribution is 2.24. The fourth-order valence-corrected chi connectivity index (χ4v) is 1.45. The number of ether oxygens (including phenoxy) is 2. The van der Waals surface area contributed by atoms with Gasteiger partial charge in [-0.15, -0.1) is 0 Å². The van der Waals surface area contributed by atoms with Crippen molar-refractivity contribution in [3.8, 4) is 5.75 Å². The monoisotopic (exact) mass is 294 g/mol. The summed E-state index contributed by atoms with van der Waals surface area (Å²) in [5.74, 6) is -4.61. The second-order valence-electron chi connectivity index (χ2n) is 4.18. The number of benzene rings is 1. The van der Waals surface area contributed by atoms with E-state index in [1.807, 2.05) is 0 Å². The molecule has 3 nitrogen and oxygen atoms in total. The lowest BCUT2D eigenvalue weighted by Gasteiger charge is -2.15. The van der Waals surface area contributed by atoms with Gasteiger partial charge in [-0.1, -0.05) is 6.07 Å². The predicted octanol–water partition coefficient (Wildman–Crippen LogP) is 3.10. The van der Waals surface area contributed by atoms with Crippen LogP contribution >= 0.6 is 0 Å². The molecule has 0 saturated heterocycles. The van der Waals surface area contributed by atoms with E-state index < -0.39 is 31.3 Å². The summed E-state index contributed by atoms with van der Waals surface area (Å²) >= 11 is 0. The van der Waals surface area contributed by atoms with Gasteiger partial charge in [0, 0.05) is 0 Å². The van der Waals surface area contributed by atoms with Crippen LogP contribution in [0.15, 0.2) is 18.2 Å². The number of carbonyl (C=O) groups excluding carboxylic acids is 1. The average Bonchev–Trinajstić information content (AvgIpc) is 2.37. The molecule has 1 aromatic carbocycles. The normalized spacial score (nSPS) is 11.8. The first kappa shape index (κ1) is 16.4. The molecule has 0 saturated carbocycles. The maximum atomic E-state index is 12.6. The van der Waals surface area contributed by atoms with E-state index in [9.17, 15) is 22.4 Å². The predicted molar refractivity (Wildman–Crippen MR) is 63.8 cm³/mol. The number of carbonyl (C=O) groups is 1. The second-order valence-corrected chi connectivity index (χ2v) is 4.18. The van der Waals surface area contributed by atoms with Gasteiger partial charge in [-0.05, 0) is 24.6 Å². The van der Waals surface area contributed by atoms with Crippen LogP contribution in [-0.4, -0.2) is 38.5 Å². The molecule has 20 heavy (non-hydrogen) atoms. The van der Waals surface area contributed by atoms with Crippen molar-refractivity contribution in [2.45, 2.75) is 19.3 Å². The molecular weight excluding hydrogens is 280 g/mol. The Morgan fingerprint density at radius 1 is 1.35 bits per heavy atom. The molecule has 1 rings (SSSR count). The summed E-state index contributed by atoms with van der Waals surface area (Å²) in [6.07, 6.45) is -3.83. The molecule has 0 N–H and O–H groups in total. The summed E-state index contributed by atoms with van der Waals surface area (Å²) < 4.78 is 58.3. The standard InChI is InChI=1S/C13H14F4O3/c1-8-3-4-9(11(5-8)19-2)10(18)6-20-7-13(16,17)12(14)15/h3-5,12H,6-7H2,1-2H3. The first-order valence-electron chi connectivity index (χ1n) is 5.69. The van der Waals surface area contributed by atoms with Crippen LogP contribution in [0.3, 0.4) is 0 Å². The van der Waals surface area contributed by atoms with Crippen LogP contribution in [0, 0.1) is 6.92 Å². The van der Waals surface area contributed by atoms with E-state index in [1.165, 1.54) is 13.2 Å². The maximum Gasteiger partial charge on any atom is 0.330 e. The number of hydrogen-bond donors (Lipinski definition) is 0. The van der Waals surface area contributed by atoms with E-state index in [0.717, 1.165) is 5.56 Å². The van der Waals surface area contributed by atoms with Gasteiger partial charge in [-0.3, -0.25) is 4.79 Å². The number of alkyl halides is 4. The lowest BCUT2D eigenvalue weighted by atomic mass is 10.1. The van der Waals surface area contributed by atoms with Crippen molar-refractivity contribution in [2.24, 2.45) is 0 Å². The Hall–Kier alpha value is -1.63. The van der Waals surface area contributed by atoms with Crippen molar-refractivity contribution in [3.05, 3.63) is 29.3 Å². The number of Topliss-reactive ketones (excluding diaryl/α,β-unsaturated/α-hetero) is 1. The molecule has 0 unspecified atom stereocenters. The van der Waals surface area contributed by atoms with Crippen molar-refractivity contribution >= 4 is 5.78 Å². The van der Waals surface area contributed by atoms with Gasteiger partial charge in [0.15, 0.2) is 5.78 Å². The van der Waals surface area contributed by atoms with Crippen LogP contribution in [0.5, 0.6) is 5.75 Å². The quantitative estimate of drug-likeness (QED) is 0.572. The summed E-state index contributed by atoms with van der Waals surface area (Å²) in [5.41, 5.74) is 1.00. The number of aryl methyl sites for hydroxylation is 1. The number of methoxy groups -OCH3 is 1. The zero-order valence-electron chi connectivity index (χ0n) is 11.0. The van der Waals surface area contributed by atoms with Crippen LogP contribution in [-0.2, 0) is 4.74 Å². The van der Waals surface area contributed by atoms with E-state index in [-0.39, 0.29) is 11.3 Å². The summed E-state index contributed by atoms with van der Waals surface area (Å²) in [7, 11) is 1.36. The van der Waals surface area contributed by atoms with Crippen LogP contribution in [0.4, 0.5) is 17.6 Å². The molecule has 0 fully saturated rings. The third kappa shape index (κ3) is 4.19. The number of hydrogen-bond acceptors (Lipinski definition) is 3. The zero-order valence-corrected chi connectivity index (χ0v) is 11.0. The summed E-state index contributed by atoms with van der Waals surface area (Å²) in [5, 5.41) is 0. The molecular formula is C13H14F4O3. The third-order valence-electron chi connectivity index (χ3n) is 2.50. The molecule has 0 spiro atoms. The van der Waals surface area contributed by atoms with Gasteiger partial charge >= 0.3 is 12.3 Å². The SMILES string of the molecule is COc1cc(C)ccc1C(=O)COCC(F)(F)C(F)F. The van der Waals surface area contributed by atoms with Crippen molar-refractivity contribution in [2.75, 3.05) is 20.3 Å². The number of halogens is 4. The lowest BCUT2D eigenvalue weighted by molar-refractivity contribution is -0.163. The van der Waals surface area contributed by atoms with E-state index in [2.05, 4.69) is 4.74 Å². The second kappa shape index (κ2) is 6.69. The fraction of sp³-hybridized carbons (Fsp3) is 0.462. The van der Waals surface area contributed by atoms with Crippen molar-refractivity contribution in [1.29, 1.82) is 0 Å². The van der Waals surface area contributed by atoms with Gasteiger partial charge in [0.25, 0.3) is 0 Å². The van der Waals surface area contributed by atoms with Gasteiger partial charge in [0.1, 0.15) is 19.0 Å². The van der Waals surface area contributed by atoms with E-state index in [0.29, 0.717) is 0 Å². The molecule has 0 heterocycles. The van der Waals surface area contributed by atoms with Crippen molar-refractivity contribution in [1.82, 2.24) is 0 Å². The van der Waals surface area contributed by atoms with Crippen LogP contribution in [0.2, 0.25) is 0 Å². The van der Waals surface area contributed by atoms with Crippen LogP contribution < -0.4 is 4.74 Å².